The highest BCUT2D eigenvalue weighted by Gasteiger charge is 2.29. The number of thioether (sulfide) groups is 1. The van der Waals surface area contributed by atoms with Crippen LogP contribution in [0.15, 0.2) is 0 Å². The first-order valence-corrected chi connectivity index (χ1v) is 5.41. The Morgan fingerprint density at radius 3 is 2.69 bits per heavy atom. The van der Waals surface area contributed by atoms with E-state index in [0.717, 1.165) is 6.42 Å². The molecule has 0 spiro atoms. The van der Waals surface area contributed by atoms with E-state index in [1.54, 1.807) is 11.8 Å². The highest BCUT2D eigenvalue weighted by molar-refractivity contribution is 7.99. The molecule has 1 fully saturated rings. The highest BCUT2D eigenvalue weighted by Crippen LogP contribution is 2.15. The SMILES string of the molecule is CCC(C)SC[C@@H]1NC(=O)NC1=O. The lowest BCUT2D eigenvalue weighted by Crippen LogP contribution is -2.31. The van der Waals surface area contributed by atoms with Gasteiger partial charge >= 0.3 is 6.03 Å². The number of hydrogen-bond donors (Lipinski definition) is 2. The zero-order valence-electron chi connectivity index (χ0n) is 7.79. The average Bonchev–Trinajstić information content (AvgIpc) is 2.41. The molecular weight excluding hydrogens is 188 g/mol. The van der Waals surface area contributed by atoms with Crippen molar-refractivity contribution in [2.75, 3.05) is 5.75 Å². The molecule has 2 N–H and O–H groups in total. The molecule has 1 unspecified atom stereocenters. The smallest absolute Gasteiger partial charge is 0.322 e. The van der Waals surface area contributed by atoms with Crippen molar-refractivity contribution >= 4 is 23.7 Å². The standard InChI is InChI=1S/C8H14N2O2S/c1-3-5(2)13-4-6-7(11)10-8(12)9-6/h5-6H,3-4H2,1-2H3,(H2,9,10,11,12)/t5?,6-/m0/s1. The van der Waals surface area contributed by atoms with Gasteiger partial charge in [0.25, 0.3) is 5.91 Å². The normalized spacial score (nSPS) is 24.0. The Balaban J connectivity index is 2.29. The lowest BCUT2D eigenvalue weighted by molar-refractivity contribution is -0.119. The van der Waals surface area contributed by atoms with Gasteiger partial charge in [-0.25, -0.2) is 4.79 Å². The van der Waals surface area contributed by atoms with Crippen molar-refractivity contribution in [2.45, 2.75) is 31.6 Å². The van der Waals surface area contributed by atoms with Crippen LogP contribution in [0.4, 0.5) is 4.79 Å². The molecule has 1 saturated heterocycles. The zero-order chi connectivity index (χ0) is 9.84. The van der Waals surface area contributed by atoms with E-state index in [4.69, 9.17) is 0 Å². The number of urea groups is 1. The topological polar surface area (TPSA) is 58.2 Å². The second kappa shape index (κ2) is 4.50. The van der Waals surface area contributed by atoms with Crippen molar-refractivity contribution < 1.29 is 9.59 Å². The predicted octanol–water partition coefficient (Wildman–Crippen LogP) is 0.726. The maximum atomic E-state index is 11.1. The predicted molar refractivity (Wildman–Crippen MR) is 52.7 cm³/mol. The summed E-state index contributed by atoms with van der Waals surface area (Å²) in [4.78, 5) is 21.8. The molecule has 0 bridgehead atoms. The van der Waals surface area contributed by atoms with Gasteiger partial charge in [-0.1, -0.05) is 13.8 Å². The summed E-state index contributed by atoms with van der Waals surface area (Å²) in [5, 5.41) is 5.30. The fourth-order valence-electron chi connectivity index (χ4n) is 0.955. The third-order valence-electron chi connectivity index (χ3n) is 1.98. The van der Waals surface area contributed by atoms with E-state index in [1.807, 2.05) is 0 Å². The Morgan fingerprint density at radius 2 is 2.23 bits per heavy atom. The summed E-state index contributed by atoms with van der Waals surface area (Å²) in [5.74, 6) is 0.452. The van der Waals surface area contributed by atoms with Crippen molar-refractivity contribution in [2.24, 2.45) is 0 Å². The zero-order valence-corrected chi connectivity index (χ0v) is 8.61. The minimum absolute atomic E-state index is 0.208. The van der Waals surface area contributed by atoms with E-state index in [9.17, 15) is 9.59 Å². The molecule has 74 valence electrons. The van der Waals surface area contributed by atoms with Crippen LogP contribution in [0.25, 0.3) is 0 Å². The highest BCUT2D eigenvalue weighted by atomic mass is 32.2. The quantitative estimate of drug-likeness (QED) is 0.661. The van der Waals surface area contributed by atoms with Crippen molar-refractivity contribution in [1.82, 2.24) is 10.6 Å². The summed E-state index contributed by atoms with van der Waals surface area (Å²) in [6, 6.07) is -0.716. The maximum absolute atomic E-state index is 11.1. The van der Waals surface area contributed by atoms with Crippen LogP contribution >= 0.6 is 11.8 Å². The van der Waals surface area contributed by atoms with Gasteiger partial charge in [-0.05, 0) is 6.42 Å². The molecule has 13 heavy (non-hydrogen) atoms. The lowest BCUT2D eigenvalue weighted by Gasteiger charge is -2.10. The lowest BCUT2D eigenvalue weighted by atomic mass is 10.3. The molecule has 0 aromatic carbocycles. The number of nitrogens with one attached hydrogen (secondary N) is 2. The molecule has 4 nitrogen and oxygen atoms in total. The Labute approximate surface area is 81.8 Å². The van der Waals surface area contributed by atoms with Crippen LogP contribution in [-0.4, -0.2) is 29.0 Å². The van der Waals surface area contributed by atoms with E-state index in [2.05, 4.69) is 24.5 Å². The van der Waals surface area contributed by atoms with Crippen LogP contribution in [0, 0.1) is 0 Å². The van der Waals surface area contributed by atoms with Gasteiger partial charge in [0.2, 0.25) is 0 Å². The van der Waals surface area contributed by atoms with E-state index >= 15 is 0 Å². The van der Waals surface area contributed by atoms with Gasteiger partial charge in [-0.3, -0.25) is 10.1 Å². The van der Waals surface area contributed by atoms with Gasteiger partial charge in [0, 0.05) is 11.0 Å². The fourth-order valence-corrected chi connectivity index (χ4v) is 1.95. The number of carbonyl (C=O) groups is 2. The Bertz CT molecular complexity index is 220. The molecule has 1 aliphatic rings. The van der Waals surface area contributed by atoms with Crippen LogP contribution in [0.3, 0.4) is 0 Å². The van der Waals surface area contributed by atoms with E-state index in [-0.39, 0.29) is 18.0 Å². The second-order valence-corrected chi connectivity index (χ2v) is 4.54. The minimum Gasteiger partial charge on any atom is -0.325 e. The molecule has 0 aromatic rings. The van der Waals surface area contributed by atoms with Crippen molar-refractivity contribution in [3.63, 3.8) is 0 Å². The number of imide groups is 1. The maximum Gasteiger partial charge on any atom is 0.322 e. The summed E-state index contributed by atoms with van der Waals surface area (Å²) in [5.41, 5.74) is 0. The van der Waals surface area contributed by atoms with Gasteiger partial charge < -0.3 is 5.32 Å². The van der Waals surface area contributed by atoms with Crippen LogP contribution in [0.2, 0.25) is 0 Å². The molecule has 1 rings (SSSR count). The molecular formula is C8H14N2O2S. The van der Waals surface area contributed by atoms with Crippen LogP contribution < -0.4 is 10.6 Å². The largest absolute Gasteiger partial charge is 0.325 e. The fraction of sp³-hybridized carbons (Fsp3) is 0.750. The first-order chi connectivity index (χ1) is 6.13. The summed E-state index contributed by atoms with van der Waals surface area (Å²) in [6.45, 7) is 4.21. The number of rotatable bonds is 4. The van der Waals surface area contributed by atoms with Gasteiger partial charge in [0.15, 0.2) is 0 Å². The first-order valence-electron chi connectivity index (χ1n) is 4.36. The van der Waals surface area contributed by atoms with Gasteiger partial charge in [0.1, 0.15) is 6.04 Å². The Hall–Kier alpha value is -0.710. The number of carbonyl (C=O) groups excluding carboxylic acids is 2. The Kier molecular flexibility index (Phi) is 3.59. The molecule has 1 aliphatic heterocycles. The van der Waals surface area contributed by atoms with Crippen LogP contribution in [-0.2, 0) is 4.79 Å². The number of hydrogen-bond acceptors (Lipinski definition) is 3. The second-order valence-electron chi connectivity index (χ2n) is 3.07. The molecule has 2 atom stereocenters. The van der Waals surface area contributed by atoms with Crippen LogP contribution in [0.5, 0.6) is 0 Å². The van der Waals surface area contributed by atoms with Crippen molar-refractivity contribution in [1.29, 1.82) is 0 Å². The summed E-state index contributed by atoms with van der Waals surface area (Å²) in [7, 11) is 0. The Morgan fingerprint density at radius 1 is 1.54 bits per heavy atom. The third-order valence-corrected chi connectivity index (χ3v) is 3.41. The van der Waals surface area contributed by atoms with Gasteiger partial charge in [0.05, 0.1) is 0 Å². The average molecular weight is 202 g/mol. The summed E-state index contributed by atoms with van der Waals surface area (Å²) >= 11 is 1.70. The molecule has 0 aliphatic carbocycles. The van der Waals surface area contributed by atoms with Crippen molar-refractivity contribution in [3.05, 3.63) is 0 Å². The van der Waals surface area contributed by atoms with Gasteiger partial charge in [-0.2, -0.15) is 11.8 Å². The first kappa shape index (κ1) is 10.4. The van der Waals surface area contributed by atoms with Gasteiger partial charge in [-0.15, -0.1) is 0 Å². The number of amides is 3. The molecule has 1 heterocycles. The molecule has 3 amide bonds. The third kappa shape index (κ3) is 2.91. The summed E-state index contributed by atoms with van der Waals surface area (Å²) in [6.07, 6.45) is 1.08. The van der Waals surface area contributed by atoms with E-state index in [0.29, 0.717) is 11.0 Å². The van der Waals surface area contributed by atoms with Crippen molar-refractivity contribution in [3.8, 4) is 0 Å². The summed E-state index contributed by atoms with van der Waals surface area (Å²) < 4.78 is 0. The van der Waals surface area contributed by atoms with E-state index in [1.165, 1.54) is 0 Å². The minimum atomic E-state index is -0.375. The molecule has 0 radical (unpaired) electrons. The van der Waals surface area contributed by atoms with Crippen LogP contribution in [0.1, 0.15) is 20.3 Å². The molecule has 0 aromatic heterocycles. The molecule has 5 heteroatoms. The molecule has 0 saturated carbocycles. The van der Waals surface area contributed by atoms with E-state index < -0.39 is 0 Å². The monoisotopic (exact) mass is 202 g/mol.